The van der Waals surface area contributed by atoms with Crippen LogP contribution in [-0.4, -0.2) is 10.7 Å². The number of hydrogen-bond donors (Lipinski definition) is 1. The summed E-state index contributed by atoms with van der Waals surface area (Å²) in [5, 5.41) is 0. The van der Waals surface area contributed by atoms with Gasteiger partial charge < -0.3 is 15.0 Å². The maximum absolute atomic E-state index is 6.18. The second kappa shape index (κ2) is 5.33. The number of nitrogens with two attached hydrogens (primary N) is 1. The molecule has 0 spiro atoms. The smallest absolute Gasteiger partial charge is 0.119 e. The first-order valence-corrected chi connectivity index (χ1v) is 7.38. The second-order valence-corrected chi connectivity index (χ2v) is 5.75. The molecule has 1 aliphatic rings. The first-order valence-electron chi connectivity index (χ1n) is 7.38. The van der Waals surface area contributed by atoms with Crippen LogP contribution in [0.4, 0.5) is 0 Å². The number of aromatic nitrogens is 1. The van der Waals surface area contributed by atoms with Crippen molar-refractivity contribution in [3.63, 3.8) is 0 Å². The molecule has 1 aromatic carbocycles. The molecule has 3 nitrogen and oxygen atoms in total. The Morgan fingerprint density at radius 2 is 1.95 bits per heavy atom. The Labute approximate surface area is 120 Å². The lowest BCUT2D eigenvalue weighted by Gasteiger charge is -2.21. The van der Waals surface area contributed by atoms with Gasteiger partial charge in [0.25, 0.3) is 0 Å². The van der Waals surface area contributed by atoms with Crippen LogP contribution in [0.3, 0.4) is 0 Å². The van der Waals surface area contributed by atoms with Crippen LogP contribution in [-0.2, 0) is 6.42 Å². The average Bonchev–Trinajstić information content (AvgIpc) is 2.84. The molecule has 1 aliphatic carbocycles. The molecule has 20 heavy (non-hydrogen) atoms. The van der Waals surface area contributed by atoms with Gasteiger partial charge in [-0.3, -0.25) is 0 Å². The van der Waals surface area contributed by atoms with Gasteiger partial charge in [0, 0.05) is 23.6 Å². The number of nitrogens with zero attached hydrogens (tertiary/aromatic N) is 1. The van der Waals surface area contributed by atoms with Crippen molar-refractivity contribution in [1.29, 1.82) is 0 Å². The van der Waals surface area contributed by atoms with E-state index in [1.807, 2.05) is 26.0 Å². The fourth-order valence-electron chi connectivity index (χ4n) is 2.93. The standard InChI is InChI=1S/C17H22N2O/c1-12(2)20-14-8-6-13(7-9-14)19-11-10-15-16(18)4-3-5-17(15)19/h6-12,16H,3-5,18H2,1-2H3. The van der Waals surface area contributed by atoms with E-state index in [1.54, 1.807) is 0 Å². The minimum Gasteiger partial charge on any atom is -0.491 e. The number of hydrogen-bond acceptors (Lipinski definition) is 2. The van der Waals surface area contributed by atoms with E-state index in [2.05, 4.69) is 29.0 Å². The zero-order valence-corrected chi connectivity index (χ0v) is 12.2. The summed E-state index contributed by atoms with van der Waals surface area (Å²) >= 11 is 0. The number of rotatable bonds is 3. The molecule has 0 amide bonds. The molecule has 3 rings (SSSR count). The number of ether oxygens (including phenoxy) is 1. The summed E-state index contributed by atoms with van der Waals surface area (Å²) < 4.78 is 7.94. The minimum atomic E-state index is 0.198. The van der Waals surface area contributed by atoms with E-state index in [0.29, 0.717) is 0 Å². The van der Waals surface area contributed by atoms with Crippen molar-refractivity contribution < 1.29 is 4.74 Å². The van der Waals surface area contributed by atoms with Crippen LogP contribution in [0.25, 0.3) is 5.69 Å². The molecule has 3 heteroatoms. The van der Waals surface area contributed by atoms with E-state index >= 15 is 0 Å². The number of benzene rings is 1. The van der Waals surface area contributed by atoms with E-state index in [-0.39, 0.29) is 12.1 Å². The normalized spacial score (nSPS) is 18.1. The molecule has 0 saturated carbocycles. The molecular formula is C17H22N2O. The lowest BCUT2D eigenvalue weighted by Crippen LogP contribution is -2.17. The molecule has 0 fully saturated rings. The fourth-order valence-corrected chi connectivity index (χ4v) is 2.93. The lowest BCUT2D eigenvalue weighted by molar-refractivity contribution is 0.242. The third kappa shape index (κ3) is 2.46. The Morgan fingerprint density at radius 3 is 2.65 bits per heavy atom. The van der Waals surface area contributed by atoms with Gasteiger partial charge in [-0.1, -0.05) is 0 Å². The van der Waals surface area contributed by atoms with Crippen LogP contribution < -0.4 is 10.5 Å². The van der Waals surface area contributed by atoms with Gasteiger partial charge in [0.15, 0.2) is 0 Å². The largest absolute Gasteiger partial charge is 0.491 e. The molecule has 1 aromatic heterocycles. The maximum atomic E-state index is 6.18. The summed E-state index contributed by atoms with van der Waals surface area (Å²) in [6.07, 6.45) is 5.72. The summed E-state index contributed by atoms with van der Waals surface area (Å²) in [5.74, 6) is 0.918. The quantitative estimate of drug-likeness (QED) is 0.925. The molecule has 2 aromatic rings. The van der Waals surface area contributed by atoms with Crippen LogP contribution in [0.2, 0.25) is 0 Å². The molecule has 0 bridgehead atoms. The second-order valence-electron chi connectivity index (χ2n) is 5.75. The third-order valence-electron chi connectivity index (χ3n) is 3.84. The Kier molecular flexibility index (Phi) is 3.53. The van der Waals surface area contributed by atoms with Crippen LogP contribution in [0.15, 0.2) is 36.5 Å². The third-order valence-corrected chi connectivity index (χ3v) is 3.84. The van der Waals surface area contributed by atoms with Crippen LogP contribution in [0.1, 0.15) is 44.0 Å². The predicted octanol–water partition coefficient (Wildman–Crippen LogP) is 3.60. The zero-order chi connectivity index (χ0) is 14.1. The predicted molar refractivity (Wildman–Crippen MR) is 81.4 cm³/mol. The van der Waals surface area contributed by atoms with Crippen molar-refractivity contribution >= 4 is 0 Å². The zero-order valence-electron chi connectivity index (χ0n) is 12.2. The maximum Gasteiger partial charge on any atom is 0.119 e. The lowest BCUT2D eigenvalue weighted by atomic mass is 9.93. The van der Waals surface area contributed by atoms with Gasteiger partial charge in [-0.05, 0) is 69.0 Å². The highest BCUT2D eigenvalue weighted by molar-refractivity contribution is 5.42. The van der Waals surface area contributed by atoms with Crippen molar-refractivity contribution in [2.24, 2.45) is 5.73 Å². The Hall–Kier alpha value is -1.74. The molecule has 106 valence electrons. The van der Waals surface area contributed by atoms with Gasteiger partial charge in [0.2, 0.25) is 0 Å². The summed E-state index contributed by atoms with van der Waals surface area (Å²) in [6, 6.07) is 10.6. The molecule has 0 aliphatic heterocycles. The average molecular weight is 270 g/mol. The highest BCUT2D eigenvalue weighted by atomic mass is 16.5. The minimum absolute atomic E-state index is 0.198. The first kappa shape index (κ1) is 13.3. The van der Waals surface area contributed by atoms with Crippen molar-refractivity contribution in [1.82, 2.24) is 4.57 Å². The summed E-state index contributed by atoms with van der Waals surface area (Å²) in [6.45, 7) is 4.08. The Bertz CT molecular complexity index is 584. The SMILES string of the molecule is CC(C)Oc1ccc(-n2ccc3c2CCCC3N)cc1. The first-order chi connectivity index (χ1) is 9.65. The van der Waals surface area contributed by atoms with Gasteiger partial charge in [0.05, 0.1) is 6.10 Å². The van der Waals surface area contributed by atoms with E-state index in [1.165, 1.54) is 23.4 Å². The topological polar surface area (TPSA) is 40.2 Å². The van der Waals surface area contributed by atoms with E-state index in [9.17, 15) is 0 Å². The van der Waals surface area contributed by atoms with Crippen LogP contribution in [0.5, 0.6) is 5.75 Å². The molecule has 1 atom stereocenters. The summed E-state index contributed by atoms with van der Waals surface area (Å²) in [4.78, 5) is 0. The van der Waals surface area contributed by atoms with Gasteiger partial charge in [-0.2, -0.15) is 0 Å². The fraction of sp³-hybridized carbons (Fsp3) is 0.412. The monoisotopic (exact) mass is 270 g/mol. The molecule has 0 saturated heterocycles. The Balaban J connectivity index is 1.90. The number of fused-ring (bicyclic) bond motifs is 1. The van der Waals surface area contributed by atoms with E-state index in [4.69, 9.17) is 10.5 Å². The van der Waals surface area contributed by atoms with Gasteiger partial charge in [-0.25, -0.2) is 0 Å². The van der Waals surface area contributed by atoms with Crippen LogP contribution in [0, 0.1) is 0 Å². The van der Waals surface area contributed by atoms with Crippen LogP contribution >= 0.6 is 0 Å². The van der Waals surface area contributed by atoms with Crippen molar-refractivity contribution in [3.05, 3.63) is 47.8 Å². The van der Waals surface area contributed by atoms with Crippen molar-refractivity contribution in [2.75, 3.05) is 0 Å². The molecule has 1 unspecified atom stereocenters. The summed E-state index contributed by atoms with van der Waals surface area (Å²) in [5.41, 5.74) is 10.0. The highest BCUT2D eigenvalue weighted by Crippen LogP contribution is 2.31. The van der Waals surface area contributed by atoms with Gasteiger partial charge in [-0.15, -0.1) is 0 Å². The van der Waals surface area contributed by atoms with E-state index < -0.39 is 0 Å². The van der Waals surface area contributed by atoms with Crippen molar-refractivity contribution in [2.45, 2.75) is 45.3 Å². The van der Waals surface area contributed by atoms with Gasteiger partial charge in [0.1, 0.15) is 5.75 Å². The molecular weight excluding hydrogens is 248 g/mol. The molecule has 1 heterocycles. The molecule has 0 radical (unpaired) electrons. The van der Waals surface area contributed by atoms with Crippen molar-refractivity contribution in [3.8, 4) is 11.4 Å². The van der Waals surface area contributed by atoms with E-state index in [0.717, 1.165) is 18.6 Å². The highest BCUT2D eigenvalue weighted by Gasteiger charge is 2.20. The molecule has 2 N–H and O–H groups in total. The van der Waals surface area contributed by atoms with Gasteiger partial charge >= 0.3 is 0 Å². The Morgan fingerprint density at radius 1 is 1.20 bits per heavy atom. The summed E-state index contributed by atoms with van der Waals surface area (Å²) in [7, 11) is 0.